The van der Waals surface area contributed by atoms with Crippen molar-refractivity contribution in [3.8, 4) is 51.7 Å². The molecule has 1 aliphatic rings. The second-order valence-corrected chi connectivity index (χ2v) is 14.4. The van der Waals surface area contributed by atoms with E-state index in [0.717, 1.165) is 42.5 Å². The Kier molecular flexibility index (Phi) is 12.0. The number of carbonyl (C=O) groups is 4. The minimum absolute atomic E-state index is 0.0446. The van der Waals surface area contributed by atoms with Crippen LogP contribution in [0.15, 0.2) is 66.7 Å². The van der Waals surface area contributed by atoms with Crippen LogP contribution in [0.5, 0.6) is 51.7 Å². The average Bonchev–Trinajstić information content (AvgIpc) is 3.73. The lowest BCUT2D eigenvalue weighted by molar-refractivity contribution is -0.137. The number of hydrogen-bond donors (Lipinski definition) is 7. The fourth-order valence-electron chi connectivity index (χ4n) is 6.79. The second kappa shape index (κ2) is 16.9. The van der Waals surface area contributed by atoms with Crippen molar-refractivity contribution >= 4 is 23.5 Å². The summed E-state index contributed by atoms with van der Waals surface area (Å²) in [5, 5.41) is 68.8. The Morgan fingerprint density at radius 3 is 2.02 bits per heavy atom. The number of aromatic carboxylic acids is 1. The fraction of sp³-hybridized carbons (Fsp3) is 0.279. The molecule has 19 heteroatoms. The highest BCUT2D eigenvalue weighted by Crippen LogP contribution is 2.47. The van der Waals surface area contributed by atoms with Crippen LogP contribution in [-0.2, 0) is 19.0 Å². The first-order chi connectivity index (χ1) is 29.2. The average molecular weight is 865 g/mol. The summed E-state index contributed by atoms with van der Waals surface area (Å²) in [6, 6.07) is 11.8. The van der Waals surface area contributed by atoms with Gasteiger partial charge in [-0.05, 0) is 92.3 Å². The number of carbonyl (C=O) groups excluding carboxylic acids is 3. The number of fused-ring (bicyclic) bond motifs is 1. The lowest BCUT2D eigenvalue weighted by atomic mass is 9.86. The number of nitrogens with zero attached hydrogens (tertiary/aromatic N) is 1. The Morgan fingerprint density at radius 1 is 0.790 bits per heavy atom. The van der Waals surface area contributed by atoms with Gasteiger partial charge in [0.15, 0.2) is 40.1 Å². The van der Waals surface area contributed by atoms with Gasteiger partial charge in [-0.1, -0.05) is 32.9 Å². The number of phenolic OH excluding ortho intramolecular Hbond substituents is 5. The summed E-state index contributed by atoms with van der Waals surface area (Å²) < 4.78 is 62.0. The zero-order chi connectivity index (χ0) is 45.3. The van der Waals surface area contributed by atoms with Gasteiger partial charge in [-0.25, -0.2) is 9.59 Å². The Hall–Kier alpha value is -7.44. The predicted octanol–water partition coefficient (Wildman–Crippen LogP) is 7.28. The minimum Gasteiger partial charge on any atom is -0.504 e. The number of hydrogen-bond acceptors (Lipinski definition) is 14. The topological polar surface area (TPSA) is 255 Å². The number of aromatic nitrogens is 2. The van der Waals surface area contributed by atoms with Gasteiger partial charge in [-0.3, -0.25) is 14.7 Å². The highest BCUT2D eigenvalue weighted by molar-refractivity contribution is 6.05. The van der Waals surface area contributed by atoms with Crippen molar-refractivity contribution in [3.63, 3.8) is 0 Å². The third kappa shape index (κ3) is 8.59. The quantitative estimate of drug-likeness (QED) is 0.0236. The highest BCUT2D eigenvalue weighted by Gasteiger charge is 2.47. The molecule has 7 N–H and O–H groups in total. The molecule has 0 saturated heterocycles. The highest BCUT2D eigenvalue weighted by atomic mass is 19.4. The van der Waals surface area contributed by atoms with E-state index < -0.39 is 98.9 Å². The van der Waals surface area contributed by atoms with Crippen LogP contribution < -0.4 is 18.9 Å². The molecule has 4 aromatic carbocycles. The number of aryl methyl sites for hydroxylation is 2. The lowest BCUT2D eigenvalue weighted by Gasteiger charge is -2.37. The van der Waals surface area contributed by atoms with Crippen LogP contribution in [0.25, 0.3) is 0 Å². The third-order valence-corrected chi connectivity index (χ3v) is 10.5. The van der Waals surface area contributed by atoms with E-state index >= 15 is 0 Å². The molecule has 16 nitrogen and oxygen atoms in total. The van der Waals surface area contributed by atoms with E-state index in [9.17, 15) is 63.0 Å². The number of nitrogens with one attached hydrogen (secondary N) is 1. The minimum atomic E-state index is -4.48. The van der Waals surface area contributed by atoms with Crippen molar-refractivity contribution in [2.75, 3.05) is 6.61 Å². The van der Waals surface area contributed by atoms with Crippen LogP contribution in [0.2, 0.25) is 0 Å². The number of aromatic hydroxyl groups is 5. The zero-order valence-corrected chi connectivity index (χ0v) is 33.1. The molecular weight excluding hydrogens is 825 g/mol. The normalized spacial score (nSPS) is 14.9. The molecule has 5 aromatic rings. The van der Waals surface area contributed by atoms with Gasteiger partial charge in [0.25, 0.3) is 0 Å². The number of rotatable bonds is 15. The summed E-state index contributed by atoms with van der Waals surface area (Å²) in [5.41, 5.74) is -4.67. The number of phenols is 5. The Bertz CT molecular complexity index is 2570. The SMILES string of the molecule is CCC(CC)(Oc1cc(C(=O)O)cc(O)c1O)C(=O)c1cc(O)c2c(c1)OC(CC)(C(=O)c1cc(O)c(O)c(OC(=O)c3cc(CCc4ccc(C(F)(F)F)cc4)n[nH]3)c1)CO2. The Labute approximate surface area is 349 Å². The van der Waals surface area contributed by atoms with E-state index in [1.54, 1.807) is 20.8 Å². The first-order valence-electron chi connectivity index (χ1n) is 19.0. The molecule has 1 aliphatic heterocycles. The Morgan fingerprint density at radius 2 is 1.40 bits per heavy atom. The Balaban J connectivity index is 1.22. The largest absolute Gasteiger partial charge is 0.504 e. The molecule has 0 saturated carbocycles. The predicted molar refractivity (Wildman–Crippen MR) is 209 cm³/mol. The fourth-order valence-corrected chi connectivity index (χ4v) is 6.79. The van der Waals surface area contributed by atoms with Gasteiger partial charge in [-0.15, -0.1) is 0 Å². The van der Waals surface area contributed by atoms with E-state index in [2.05, 4.69) is 10.2 Å². The lowest BCUT2D eigenvalue weighted by Crippen LogP contribution is -2.51. The van der Waals surface area contributed by atoms with Crippen molar-refractivity contribution < 1.29 is 81.9 Å². The van der Waals surface area contributed by atoms with E-state index in [4.69, 9.17) is 18.9 Å². The van der Waals surface area contributed by atoms with Crippen LogP contribution in [-0.4, -0.2) is 82.2 Å². The molecule has 0 bridgehead atoms. The van der Waals surface area contributed by atoms with Crippen molar-refractivity contribution in [1.82, 2.24) is 10.2 Å². The van der Waals surface area contributed by atoms with Gasteiger partial charge in [-0.2, -0.15) is 18.3 Å². The van der Waals surface area contributed by atoms with Gasteiger partial charge in [0.1, 0.15) is 12.3 Å². The number of carboxylic acid groups (broad SMARTS) is 1. The number of halogens is 3. The van der Waals surface area contributed by atoms with Crippen molar-refractivity contribution in [2.24, 2.45) is 0 Å². The second-order valence-electron chi connectivity index (χ2n) is 14.4. The number of esters is 1. The molecule has 1 atom stereocenters. The van der Waals surface area contributed by atoms with Crippen molar-refractivity contribution in [3.05, 3.63) is 106 Å². The van der Waals surface area contributed by atoms with Gasteiger partial charge in [0.05, 0.1) is 16.8 Å². The molecule has 326 valence electrons. The number of alkyl halides is 3. The number of aromatic amines is 1. The number of ketones is 2. The van der Waals surface area contributed by atoms with E-state index in [1.165, 1.54) is 24.3 Å². The summed E-state index contributed by atoms with van der Waals surface area (Å²) in [4.78, 5) is 53.2. The van der Waals surface area contributed by atoms with Crippen LogP contribution in [0.1, 0.15) is 98.4 Å². The molecular formula is C43H39F3N2O14. The summed E-state index contributed by atoms with van der Waals surface area (Å²) in [7, 11) is 0. The van der Waals surface area contributed by atoms with Crippen LogP contribution in [0.4, 0.5) is 13.2 Å². The number of benzene rings is 4. The number of ether oxygens (including phenoxy) is 4. The molecule has 0 fully saturated rings. The van der Waals surface area contributed by atoms with Crippen LogP contribution in [0.3, 0.4) is 0 Å². The van der Waals surface area contributed by atoms with E-state index in [0.29, 0.717) is 11.3 Å². The third-order valence-electron chi connectivity index (χ3n) is 10.5. The summed E-state index contributed by atoms with van der Waals surface area (Å²) in [6.45, 7) is 4.24. The molecule has 1 aromatic heterocycles. The maximum absolute atomic E-state index is 14.2. The molecule has 0 spiro atoms. The molecule has 62 heavy (non-hydrogen) atoms. The van der Waals surface area contributed by atoms with Gasteiger partial charge >= 0.3 is 18.1 Å². The van der Waals surface area contributed by atoms with Crippen molar-refractivity contribution in [1.29, 1.82) is 0 Å². The van der Waals surface area contributed by atoms with E-state index in [-0.39, 0.29) is 60.4 Å². The first-order valence-corrected chi connectivity index (χ1v) is 19.0. The smallest absolute Gasteiger partial charge is 0.416 e. The molecule has 6 rings (SSSR count). The van der Waals surface area contributed by atoms with E-state index in [1.807, 2.05) is 0 Å². The molecule has 0 aliphatic carbocycles. The summed E-state index contributed by atoms with van der Waals surface area (Å²) in [5.74, 6) is -9.65. The first kappa shape index (κ1) is 44.1. The van der Waals surface area contributed by atoms with Crippen molar-refractivity contribution in [2.45, 2.75) is 70.3 Å². The molecule has 2 heterocycles. The number of Topliss-reactive ketones (excluding diaryl/α,β-unsaturated/α-hetero) is 2. The molecule has 0 amide bonds. The van der Waals surface area contributed by atoms with Crippen LogP contribution >= 0.6 is 0 Å². The standard InChI is InChI=1S/C43H39F3N2O14/c1-4-41(5-2,61-32-18-24(39(56)57)15-29(50)35(32)53)37(54)23-14-30(51)36-33(17-23)62-42(6-3,20-59-36)38(55)22-13-28(49)34(52)31(16-22)60-40(58)27-19-26(47-48-27)12-9-21-7-10-25(11-8-21)43(44,45)46/h7-8,10-11,13-19,49-53H,4-6,9,12,20H2,1-3H3,(H,47,48)(H,56,57). The van der Waals surface area contributed by atoms with Crippen LogP contribution in [0, 0.1) is 0 Å². The van der Waals surface area contributed by atoms with Gasteiger partial charge < -0.3 is 49.6 Å². The summed E-state index contributed by atoms with van der Waals surface area (Å²) in [6.07, 6.45) is -4.14. The zero-order valence-electron chi connectivity index (χ0n) is 33.1. The number of carboxylic acids is 1. The molecule has 0 radical (unpaired) electrons. The summed E-state index contributed by atoms with van der Waals surface area (Å²) >= 11 is 0. The maximum atomic E-state index is 14.2. The maximum Gasteiger partial charge on any atom is 0.416 e. The number of H-pyrrole nitrogens is 1. The van der Waals surface area contributed by atoms with Gasteiger partial charge in [0.2, 0.25) is 34.4 Å². The molecule has 1 unspecified atom stereocenters. The monoisotopic (exact) mass is 864 g/mol. The van der Waals surface area contributed by atoms with Gasteiger partial charge in [0, 0.05) is 11.1 Å².